The van der Waals surface area contributed by atoms with Gasteiger partial charge < -0.3 is 15.8 Å². The predicted molar refractivity (Wildman–Crippen MR) is 76.2 cm³/mol. The summed E-state index contributed by atoms with van der Waals surface area (Å²) in [6.45, 7) is 1.81. The van der Waals surface area contributed by atoms with E-state index >= 15 is 0 Å². The average molecular weight is 279 g/mol. The van der Waals surface area contributed by atoms with Gasteiger partial charge in [-0.15, -0.1) is 0 Å². The molecule has 0 saturated heterocycles. The summed E-state index contributed by atoms with van der Waals surface area (Å²) in [6.07, 6.45) is 6.32. The maximum Gasteiger partial charge on any atom is 0.226 e. The summed E-state index contributed by atoms with van der Waals surface area (Å²) in [7, 11) is 1.77. The van der Waals surface area contributed by atoms with Crippen molar-refractivity contribution in [3.05, 3.63) is 0 Å². The van der Waals surface area contributed by atoms with E-state index in [0.29, 0.717) is 11.8 Å². The summed E-state index contributed by atoms with van der Waals surface area (Å²) in [4.78, 5) is 14.5. The van der Waals surface area contributed by atoms with Gasteiger partial charge in [0.2, 0.25) is 5.91 Å². The van der Waals surface area contributed by atoms with Crippen LogP contribution in [0.4, 0.5) is 0 Å². The first-order valence-corrected chi connectivity index (χ1v) is 7.75. The Labute approximate surface area is 120 Å². The highest BCUT2D eigenvalue weighted by Crippen LogP contribution is 2.56. The summed E-state index contributed by atoms with van der Waals surface area (Å²) < 4.78 is 0. The van der Waals surface area contributed by atoms with E-state index in [9.17, 15) is 4.79 Å². The number of amides is 1. The van der Waals surface area contributed by atoms with Gasteiger partial charge in [0.1, 0.15) is 0 Å². The highest BCUT2D eigenvalue weighted by Gasteiger charge is 2.51. The molecule has 4 rings (SSSR count). The second-order valence-corrected chi connectivity index (χ2v) is 7.11. The highest BCUT2D eigenvalue weighted by molar-refractivity contribution is 5.90. The van der Waals surface area contributed by atoms with Crippen LogP contribution in [0.5, 0.6) is 0 Å². The number of hydrogen-bond acceptors (Lipinski definition) is 3. The minimum absolute atomic E-state index is 0.102. The first-order chi connectivity index (χ1) is 9.51. The van der Waals surface area contributed by atoms with Gasteiger partial charge in [-0.2, -0.15) is 0 Å². The van der Waals surface area contributed by atoms with Gasteiger partial charge in [-0.1, -0.05) is 5.16 Å². The average Bonchev–Trinajstić information content (AvgIpc) is 2.43. The molecule has 1 unspecified atom stereocenters. The molecule has 0 aliphatic heterocycles. The maximum absolute atomic E-state index is 12.8. The molecule has 1 atom stereocenters. The Hall–Kier alpha value is -1.26. The van der Waals surface area contributed by atoms with Crippen LogP contribution in [0.2, 0.25) is 0 Å². The van der Waals surface area contributed by atoms with Crippen LogP contribution in [0.15, 0.2) is 5.16 Å². The zero-order chi connectivity index (χ0) is 14.4. The Morgan fingerprint density at radius 1 is 1.20 bits per heavy atom. The van der Waals surface area contributed by atoms with E-state index in [0.717, 1.165) is 11.8 Å². The molecule has 0 aromatic carbocycles. The molecule has 4 aliphatic rings. The van der Waals surface area contributed by atoms with Crippen molar-refractivity contribution in [3.8, 4) is 0 Å². The number of amidine groups is 1. The fraction of sp³-hybridized carbons (Fsp3) is 0.867. The summed E-state index contributed by atoms with van der Waals surface area (Å²) in [6, 6.07) is -0.343. The van der Waals surface area contributed by atoms with Gasteiger partial charge in [-0.3, -0.25) is 4.79 Å². The van der Waals surface area contributed by atoms with Gasteiger partial charge in [0.05, 0.1) is 6.04 Å². The largest absolute Gasteiger partial charge is 0.409 e. The molecule has 1 amide bonds. The summed E-state index contributed by atoms with van der Waals surface area (Å²) >= 11 is 0. The molecule has 112 valence electrons. The lowest BCUT2D eigenvalue weighted by Crippen LogP contribution is -2.54. The molecule has 4 fully saturated rings. The molecular weight excluding hydrogens is 254 g/mol. The first-order valence-electron chi connectivity index (χ1n) is 7.75. The second-order valence-electron chi connectivity index (χ2n) is 7.11. The van der Waals surface area contributed by atoms with E-state index in [1.807, 2.05) is 6.92 Å². The van der Waals surface area contributed by atoms with E-state index in [4.69, 9.17) is 10.9 Å². The van der Waals surface area contributed by atoms with Crippen LogP contribution in [-0.4, -0.2) is 34.9 Å². The standard InChI is InChI=1S/C15H25N3O2/c1-8(14(16)17-20)18(2)15(19)13-11-4-9-3-10(6-11)7-12(13)5-9/h8-13,20H,3-7H2,1-2H3,(H2,16,17). The lowest BCUT2D eigenvalue weighted by Gasteiger charge is -2.54. The zero-order valence-electron chi connectivity index (χ0n) is 12.3. The van der Waals surface area contributed by atoms with Crippen molar-refractivity contribution in [2.75, 3.05) is 7.05 Å². The fourth-order valence-electron chi connectivity index (χ4n) is 5.04. The molecule has 0 aromatic rings. The number of carbonyl (C=O) groups is 1. The number of likely N-dealkylation sites (N-methyl/N-ethyl adjacent to an activating group) is 1. The minimum Gasteiger partial charge on any atom is -0.409 e. The van der Waals surface area contributed by atoms with Crippen LogP contribution in [-0.2, 0) is 4.79 Å². The Morgan fingerprint density at radius 3 is 2.15 bits per heavy atom. The molecule has 20 heavy (non-hydrogen) atoms. The number of nitrogens with two attached hydrogens (primary N) is 1. The van der Waals surface area contributed by atoms with Gasteiger partial charge in [0.25, 0.3) is 0 Å². The lowest BCUT2D eigenvalue weighted by molar-refractivity contribution is -0.148. The smallest absolute Gasteiger partial charge is 0.226 e. The number of rotatable bonds is 3. The third-order valence-electron chi connectivity index (χ3n) is 5.98. The van der Waals surface area contributed by atoms with Crippen LogP contribution in [0.1, 0.15) is 39.0 Å². The van der Waals surface area contributed by atoms with Crippen molar-refractivity contribution in [2.24, 2.45) is 40.5 Å². The molecule has 3 N–H and O–H groups in total. The van der Waals surface area contributed by atoms with E-state index < -0.39 is 0 Å². The summed E-state index contributed by atoms with van der Waals surface area (Å²) in [5.74, 6) is 3.34. The van der Waals surface area contributed by atoms with Crippen LogP contribution in [0.25, 0.3) is 0 Å². The number of oxime groups is 1. The predicted octanol–water partition coefficient (Wildman–Crippen LogP) is 1.65. The van der Waals surface area contributed by atoms with E-state index in [1.54, 1.807) is 11.9 Å². The zero-order valence-corrected chi connectivity index (χ0v) is 12.3. The minimum atomic E-state index is -0.343. The van der Waals surface area contributed by atoms with Crippen LogP contribution in [0, 0.1) is 29.6 Å². The third kappa shape index (κ3) is 2.07. The highest BCUT2D eigenvalue weighted by atomic mass is 16.4. The molecule has 0 heterocycles. The van der Waals surface area contributed by atoms with E-state index in [2.05, 4.69) is 5.16 Å². The molecule has 4 aliphatic carbocycles. The van der Waals surface area contributed by atoms with Gasteiger partial charge in [-0.05, 0) is 62.7 Å². The Morgan fingerprint density at radius 2 is 1.70 bits per heavy atom. The van der Waals surface area contributed by atoms with E-state index in [-0.39, 0.29) is 23.7 Å². The molecule has 5 heteroatoms. The van der Waals surface area contributed by atoms with Crippen molar-refractivity contribution in [1.82, 2.24) is 4.90 Å². The van der Waals surface area contributed by atoms with Gasteiger partial charge in [0, 0.05) is 13.0 Å². The molecule has 0 aromatic heterocycles. The maximum atomic E-state index is 12.8. The van der Waals surface area contributed by atoms with Crippen molar-refractivity contribution in [3.63, 3.8) is 0 Å². The normalized spacial score (nSPS) is 40.7. The molecule has 5 nitrogen and oxygen atoms in total. The van der Waals surface area contributed by atoms with Gasteiger partial charge in [-0.25, -0.2) is 0 Å². The summed E-state index contributed by atoms with van der Waals surface area (Å²) in [5, 5.41) is 11.8. The van der Waals surface area contributed by atoms with Crippen molar-refractivity contribution in [2.45, 2.75) is 45.1 Å². The third-order valence-corrected chi connectivity index (χ3v) is 5.98. The van der Waals surface area contributed by atoms with Crippen molar-refractivity contribution >= 4 is 11.7 Å². The molecule has 0 spiro atoms. The molecule has 0 radical (unpaired) electrons. The Balaban J connectivity index is 1.74. The van der Waals surface area contributed by atoms with Crippen LogP contribution >= 0.6 is 0 Å². The number of hydrogen-bond donors (Lipinski definition) is 2. The monoisotopic (exact) mass is 279 g/mol. The SMILES string of the molecule is CC(C(N)=NO)N(C)C(=O)C1C2CC3CC(C2)CC1C3. The molecular formula is C15H25N3O2. The molecule has 4 bridgehead atoms. The lowest BCUT2D eigenvalue weighted by atomic mass is 9.51. The Kier molecular flexibility index (Phi) is 3.38. The number of nitrogens with zero attached hydrogens (tertiary/aromatic N) is 2. The Bertz CT molecular complexity index is 407. The van der Waals surface area contributed by atoms with Crippen LogP contribution < -0.4 is 5.73 Å². The topological polar surface area (TPSA) is 78.9 Å². The quantitative estimate of drug-likeness (QED) is 0.357. The second kappa shape index (κ2) is 4.93. The number of carbonyl (C=O) groups excluding carboxylic acids is 1. The first kappa shape index (κ1) is 13.7. The summed E-state index contributed by atoms with van der Waals surface area (Å²) in [5.41, 5.74) is 5.64. The van der Waals surface area contributed by atoms with Gasteiger partial charge >= 0.3 is 0 Å². The van der Waals surface area contributed by atoms with Crippen molar-refractivity contribution in [1.29, 1.82) is 0 Å². The fourth-order valence-corrected chi connectivity index (χ4v) is 5.04. The van der Waals surface area contributed by atoms with E-state index in [1.165, 1.54) is 32.1 Å². The molecule has 4 saturated carbocycles. The van der Waals surface area contributed by atoms with Crippen LogP contribution in [0.3, 0.4) is 0 Å². The van der Waals surface area contributed by atoms with Gasteiger partial charge in [0.15, 0.2) is 5.84 Å². The van der Waals surface area contributed by atoms with Crippen molar-refractivity contribution < 1.29 is 10.0 Å².